The van der Waals surface area contributed by atoms with Crippen molar-refractivity contribution < 1.29 is 18.8 Å². The van der Waals surface area contributed by atoms with Crippen LogP contribution >= 0.6 is 23.2 Å². The van der Waals surface area contributed by atoms with Gasteiger partial charge in [-0.05, 0) is 74.6 Å². The Morgan fingerprint density at radius 3 is 2.30 bits per heavy atom. The number of pyridine rings is 1. The minimum absolute atomic E-state index is 0.0613. The Balaban J connectivity index is 1.23. The second-order valence-corrected chi connectivity index (χ2v) is 13.0. The van der Waals surface area contributed by atoms with Gasteiger partial charge in [-0.2, -0.15) is 5.26 Å². The maximum Gasteiger partial charge on any atom is 0.270 e. The largest absolute Gasteiger partial charge is 0.343 e. The van der Waals surface area contributed by atoms with Crippen LogP contribution in [0.1, 0.15) is 59.9 Å². The fourth-order valence-electron chi connectivity index (χ4n) is 6.10. The van der Waals surface area contributed by atoms with E-state index < -0.39 is 34.2 Å². The number of benzene rings is 2. The molecule has 13 heteroatoms. The third-order valence-electron chi connectivity index (χ3n) is 8.99. The maximum atomic E-state index is 14.3. The Bertz CT molecular complexity index is 1940. The molecule has 1 atom stereocenters. The number of fused-ring (bicyclic) bond motifs is 1. The van der Waals surface area contributed by atoms with E-state index in [4.69, 9.17) is 23.2 Å². The Morgan fingerprint density at radius 1 is 1.02 bits per heavy atom. The zero-order valence-electron chi connectivity index (χ0n) is 24.5. The molecular weight excluding hydrogens is 632 g/mol. The molecule has 0 unspecified atom stereocenters. The van der Waals surface area contributed by atoms with Crippen LogP contribution in [-0.4, -0.2) is 37.8 Å². The first-order valence-corrected chi connectivity index (χ1v) is 15.4. The van der Waals surface area contributed by atoms with E-state index >= 15 is 0 Å². The number of carbonyl (C=O) groups is 3. The Kier molecular flexibility index (Phi) is 6.92. The second-order valence-electron chi connectivity index (χ2n) is 12.2. The maximum absolute atomic E-state index is 14.3. The number of nitrogens with zero attached hydrogens (tertiary/aromatic N) is 5. The first-order chi connectivity index (χ1) is 22.0. The predicted octanol–water partition coefficient (Wildman–Crippen LogP) is 5.30. The van der Waals surface area contributed by atoms with Crippen LogP contribution in [0.25, 0.3) is 0 Å². The number of amides is 3. The van der Waals surface area contributed by atoms with Gasteiger partial charge < -0.3 is 10.6 Å². The summed E-state index contributed by atoms with van der Waals surface area (Å²) in [5.41, 5.74) is -0.877. The van der Waals surface area contributed by atoms with Crippen molar-refractivity contribution in [1.82, 2.24) is 25.2 Å². The molecule has 1 aliphatic heterocycles. The summed E-state index contributed by atoms with van der Waals surface area (Å²) in [5, 5.41) is 14.7. The third-order valence-corrected chi connectivity index (χ3v) is 9.54. The molecule has 0 spiro atoms. The molecule has 0 saturated heterocycles. The number of nitriles is 1. The minimum Gasteiger partial charge on any atom is -0.343 e. The summed E-state index contributed by atoms with van der Waals surface area (Å²) in [6.45, 7) is 1.67. The number of rotatable bonds is 8. The number of nitrogens with one attached hydrogen (secondary N) is 2. The number of hydrogen-bond donors (Lipinski definition) is 2. The summed E-state index contributed by atoms with van der Waals surface area (Å²) in [7, 11) is 0. The summed E-state index contributed by atoms with van der Waals surface area (Å²) < 4.78 is 15.9. The molecule has 2 N–H and O–H groups in total. The fourth-order valence-corrected chi connectivity index (χ4v) is 6.57. The Morgan fingerprint density at radius 2 is 1.72 bits per heavy atom. The molecule has 232 valence electrons. The number of halogens is 3. The van der Waals surface area contributed by atoms with Crippen molar-refractivity contribution in [3.05, 3.63) is 105 Å². The summed E-state index contributed by atoms with van der Waals surface area (Å²) in [6, 6.07) is 16.9. The van der Waals surface area contributed by atoms with Gasteiger partial charge in [-0.15, -0.1) is 0 Å². The number of aromatic nitrogens is 3. The quantitative estimate of drug-likeness (QED) is 0.247. The molecule has 3 amide bonds. The molecule has 0 radical (unpaired) electrons. The highest BCUT2D eigenvalue weighted by Crippen LogP contribution is 2.47. The standard InChI is InChI=1S/C33H26Cl2FN7O3/c1-31(16-19-5-7-20(17-37)8-6-19)29(46)42(21-14-22(34)26(36)23(35)15-21)30-39-18-24(43(30)31)27(44)40-33(11-12-33)28(45)41-32(9-10-32)25-4-2-3-13-38-25/h2-8,13-15,18H,9-12,16H2,1H3,(H,40,44)(H,41,45)/t31-/m1/s1. The van der Waals surface area contributed by atoms with Crippen molar-refractivity contribution in [2.45, 2.75) is 55.6 Å². The minimum atomic E-state index is -1.39. The topological polar surface area (TPSA) is 133 Å². The van der Waals surface area contributed by atoms with Gasteiger partial charge in [-0.1, -0.05) is 41.4 Å². The van der Waals surface area contributed by atoms with Crippen molar-refractivity contribution in [2.24, 2.45) is 0 Å². The van der Waals surface area contributed by atoms with E-state index in [9.17, 15) is 24.0 Å². The number of carbonyl (C=O) groups excluding carboxylic acids is 3. The van der Waals surface area contributed by atoms with Gasteiger partial charge in [-0.3, -0.25) is 23.9 Å². The zero-order chi connectivity index (χ0) is 32.4. The third kappa shape index (κ3) is 4.80. The van der Waals surface area contributed by atoms with Gasteiger partial charge in [0.1, 0.15) is 16.8 Å². The zero-order valence-corrected chi connectivity index (χ0v) is 26.0. The summed E-state index contributed by atoms with van der Waals surface area (Å²) in [4.78, 5) is 52.0. The first kappa shape index (κ1) is 29.9. The van der Waals surface area contributed by atoms with Crippen molar-refractivity contribution in [2.75, 3.05) is 4.90 Å². The summed E-state index contributed by atoms with van der Waals surface area (Å²) in [6.07, 6.45) is 5.55. The first-order valence-electron chi connectivity index (χ1n) is 14.6. The van der Waals surface area contributed by atoms with Crippen LogP contribution in [0.2, 0.25) is 10.0 Å². The average molecular weight is 659 g/mol. The molecule has 2 fully saturated rings. The predicted molar refractivity (Wildman–Crippen MR) is 167 cm³/mol. The van der Waals surface area contributed by atoms with Gasteiger partial charge in [0.2, 0.25) is 11.9 Å². The van der Waals surface area contributed by atoms with Gasteiger partial charge in [0, 0.05) is 12.6 Å². The Labute approximate surface area is 273 Å². The lowest BCUT2D eigenvalue weighted by atomic mass is 9.91. The van der Waals surface area contributed by atoms with E-state index in [1.807, 2.05) is 18.2 Å². The molecule has 2 aromatic heterocycles. The normalized spacial score (nSPS) is 20.1. The lowest BCUT2D eigenvalue weighted by Crippen LogP contribution is -2.52. The molecule has 2 aliphatic carbocycles. The number of hydrogen-bond acceptors (Lipinski definition) is 6. The molecule has 10 nitrogen and oxygen atoms in total. The number of anilines is 2. The van der Waals surface area contributed by atoms with Crippen molar-refractivity contribution >= 4 is 52.6 Å². The smallest absolute Gasteiger partial charge is 0.270 e. The van der Waals surface area contributed by atoms with Crippen LogP contribution < -0.4 is 15.5 Å². The van der Waals surface area contributed by atoms with Crippen molar-refractivity contribution in [3.63, 3.8) is 0 Å². The highest BCUT2D eigenvalue weighted by atomic mass is 35.5. The van der Waals surface area contributed by atoms with Crippen LogP contribution in [0.5, 0.6) is 0 Å². The van der Waals surface area contributed by atoms with E-state index in [1.165, 1.54) is 27.8 Å². The molecule has 4 aromatic rings. The lowest BCUT2D eigenvalue weighted by Gasteiger charge is -2.27. The van der Waals surface area contributed by atoms with Gasteiger partial charge in [0.05, 0.1) is 44.8 Å². The van der Waals surface area contributed by atoms with Crippen LogP contribution in [0.4, 0.5) is 16.0 Å². The molecule has 2 aromatic carbocycles. The molecule has 3 heterocycles. The molecule has 2 saturated carbocycles. The monoisotopic (exact) mass is 657 g/mol. The van der Waals surface area contributed by atoms with Gasteiger partial charge in [0.15, 0.2) is 5.82 Å². The van der Waals surface area contributed by atoms with Crippen LogP contribution in [0, 0.1) is 17.1 Å². The SMILES string of the molecule is C[C@@]1(Cc2ccc(C#N)cc2)C(=O)N(c2cc(Cl)c(F)c(Cl)c2)c2ncc(C(=O)NC3(C(=O)NC4(c5ccccn5)CC4)CC3)n21. The van der Waals surface area contributed by atoms with E-state index in [1.54, 1.807) is 37.4 Å². The number of imidazole rings is 1. The fraction of sp³-hybridized carbons (Fsp3) is 0.273. The van der Waals surface area contributed by atoms with E-state index in [0.717, 1.165) is 24.1 Å². The van der Waals surface area contributed by atoms with Gasteiger partial charge in [-0.25, -0.2) is 14.3 Å². The lowest BCUT2D eigenvalue weighted by molar-refractivity contribution is -0.125. The van der Waals surface area contributed by atoms with Crippen LogP contribution in [0.3, 0.4) is 0 Å². The van der Waals surface area contributed by atoms with Crippen molar-refractivity contribution in [3.8, 4) is 6.07 Å². The average Bonchev–Trinajstić information content (AvgIpc) is 3.96. The molecule has 3 aliphatic rings. The highest BCUT2D eigenvalue weighted by molar-refractivity contribution is 6.35. The van der Waals surface area contributed by atoms with E-state index in [2.05, 4.69) is 26.7 Å². The summed E-state index contributed by atoms with van der Waals surface area (Å²) in [5.74, 6) is -2.06. The highest BCUT2D eigenvalue weighted by Gasteiger charge is 2.57. The molecule has 7 rings (SSSR count). The van der Waals surface area contributed by atoms with Gasteiger partial charge >= 0.3 is 0 Å². The molecule has 0 bridgehead atoms. The van der Waals surface area contributed by atoms with E-state index in [-0.39, 0.29) is 39.7 Å². The molecule has 46 heavy (non-hydrogen) atoms. The van der Waals surface area contributed by atoms with Gasteiger partial charge in [0.25, 0.3) is 11.8 Å². The molecular formula is C33H26Cl2FN7O3. The van der Waals surface area contributed by atoms with Crippen molar-refractivity contribution in [1.29, 1.82) is 5.26 Å². The van der Waals surface area contributed by atoms with Crippen LogP contribution in [0.15, 0.2) is 67.0 Å². The Hall–Kier alpha value is -4.79. The summed E-state index contributed by atoms with van der Waals surface area (Å²) >= 11 is 12.2. The van der Waals surface area contributed by atoms with E-state index in [0.29, 0.717) is 18.4 Å². The second kappa shape index (κ2) is 10.6. The van der Waals surface area contributed by atoms with Crippen LogP contribution in [-0.2, 0) is 27.1 Å².